The molecule has 4 nitrogen and oxygen atoms in total. The third-order valence-electron chi connectivity index (χ3n) is 4.77. The minimum Gasteiger partial charge on any atom is -0.371 e. The summed E-state index contributed by atoms with van der Waals surface area (Å²) < 4.78 is 1.08. The molecule has 114 valence electrons. The zero-order valence-electron chi connectivity index (χ0n) is 12.6. The second-order valence-corrected chi connectivity index (χ2v) is 6.79. The summed E-state index contributed by atoms with van der Waals surface area (Å²) in [5, 5.41) is 6.04. The molecule has 0 aromatic heterocycles. The number of anilines is 2. The highest BCUT2D eigenvalue weighted by Gasteiger charge is 2.31. The van der Waals surface area contributed by atoms with Crippen molar-refractivity contribution in [3.8, 4) is 0 Å². The average molecular weight is 352 g/mol. The molecule has 2 N–H and O–H groups in total. The van der Waals surface area contributed by atoms with Gasteiger partial charge in [-0.25, -0.2) is 0 Å². The summed E-state index contributed by atoms with van der Waals surface area (Å²) >= 11 is 3.69. The quantitative estimate of drug-likeness (QED) is 0.878. The van der Waals surface area contributed by atoms with Gasteiger partial charge in [0.25, 0.3) is 0 Å². The van der Waals surface area contributed by atoms with E-state index in [9.17, 15) is 4.79 Å². The zero-order chi connectivity index (χ0) is 15.0. The molecule has 1 unspecified atom stereocenters. The number of nitrogens with one attached hydrogen (secondary N) is 2. The Balaban J connectivity index is 1.86. The van der Waals surface area contributed by atoms with E-state index in [-0.39, 0.29) is 11.9 Å². The maximum atomic E-state index is 11.9. The Bertz CT molecular complexity index is 553. The number of rotatable bonds is 3. The van der Waals surface area contributed by atoms with Gasteiger partial charge in [0, 0.05) is 28.8 Å². The molecule has 5 heteroatoms. The van der Waals surface area contributed by atoms with Crippen LogP contribution >= 0.6 is 15.9 Å². The molecule has 21 heavy (non-hydrogen) atoms. The van der Waals surface area contributed by atoms with E-state index in [1.807, 2.05) is 7.05 Å². The van der Waals surface area contributed by atoms with Crippen LogP contribution in [0.4, 0.5) is 11.4 Å². The van der Waals surface area contributed by atoms with Gasteiger partial charge in [0.05, 0.1) is 5.69 Å². The topological polar surface area (TPSA) is 44.4 Å². The van der Waals surface area contributed by atoms with Gasteiger partial charge < -0.3 is 15.5 Å². The fourth-order valence-electron chi connectivity index (χ4n) is 3.38. The standard InChI is InChI=1S/C16H22BrN3O/c1-3-10-4-6-20(7-5-10)14-9-13-11(8-12(14)17)15(18-2)16(21)19-13/h8-10,15,18H,3-7H2,1-2H3,(H,19,21). The van der Waals surface area contributed by atoms with Crippen LogP contribution < -0.4 is 15.5 Å². The number of hydrogen-bond donors (Lipinski definition) is 2. The van der Waals surface area contributed by atoms with Gasteiger partial charge in [-0.15, -0.1) is 0 Å². The van der Waals surface area contributed by atoms with Crippen LogP contribution in [0.3, 0.4) is 0 Å². The fourth-order valence-corrected chi connectivity index (χ4v) is 3.99. The van der Waals surface area contributed by atoms with Crippen molar-refractivity contribution in [3.63, 3.8) is 0 Å². The van der Waals surface area contributed by atoms with E-state index in [4.69, 9.17) is 0 Å². The number of amides is 1. The van der Waals surface area contributed by atoms with Crippen LogP contribution in [0.2, 0.25) is 0 Å². The monoisotopic (exact) mass is 351 g/mol. The molecule has 1 amide bonds. The van der Waals surface area contributed by atoms with E-state index >= 15 is 0 Å². The number of halogens is 1. The molecule has 2 aliphatic rings. The van der Waals surface area contributed by atoms with Gasteiger partial charge in [-0.1, -0.05) is 13.3 Å². The number of carbonyl (C=O) groups is 1. The average Bonchev–Trinajstić information content (AvgIpc) is 2.81. The summed E-state index contributed by atoms with van der Waals surface area (Å²) in [6, 6.07) is 3.95. The van der Waals surface area contributed by atoms with Crippen LogP contribution in [0.5, 0.6) is 0 Å². The van der Waals surface area contributed by atoms with Crippen LogP contribution in [0.1, 0.15) is 37.8 Å². The van der Waals surface area contributed by atoms with Gasteiger partial charge in [-0.2, -0.15) is 0 Å². The van der Waals surface area contributed by atoms with E-state index in [2.05, 4.69) is 50.5 Å². The first-order valence-corrected chi connectivity index (χ1v) is 8.49. The van der Waals surface area contributed by atoms with E-state index in [0.717, 1.165) is 34.7 Å². The van der Waals surface area contributed by atoms with Gasteiger partial charge in [0.2, 0.25) is 5.91 Å². The predicted molar refractivity (Wildman–Crippen MR) is 89.8 cm³/mol. The SMILES string of the molecule is CCC1CCN(c2cc3c(cc2Br)C(NC)C(=O)N3)CC1. The van der Waals surface area contributed by atoms with Gasteiger partial charge in [-0.3, -0.25) is 4.79 Å². The molecule has 1 aromatic carbocycles. The largest absolute Gasteiger partial charge is 0.371 e. The smallest absolute Gasteiger partial charge is 0.246 e. The van der Waals surface area contributed by atoms with Crippen molar-refractivity contribution in [1.29, 1.82) is 0 Å². The lowest BCUT2D eigenvalue weighted by atomic mass is 9.94. The molecule has 1 aromatic rings. The summed E-state index contributed by atoms with van der Waals surface area (Å²) in [6.07, 6.45) is 3.79. The second kappa shape index (κ2) is 5.97. The fraction of sp³-hybridized carbons (Fsp3) is 0.562. The van der Waals surface area contributed by atoms with Crippen molar-refractivity contribution in [2.24, 2.45) is 5.92 Å². The van der Waals surface area contributed by atoms with E-state index in [1.54, 1.807) is 0 Å². The number of likely N-dealkylation sites (N-methyl/N-ethyl adjacent to an activating group) is 1. The molecule has 2 aliphatic heterocycles. The highest BCUT2D eigenvalue weighted by atomic mass is 79.9. The van der Waals surface area contributed by atoms with Crippen LogP contribution in [-0.2, 0) is 4.79 Å². The van der Waals surface area contributed by atoms with Crippen molar-refractivity contribution in [2.45, 2.75) is 32.2 Å². The Morgan fingerprint density at radius 2 is 2.10 bits per heavy atom. The van der Waals surface area contributed by atoms with Gasteiger partial charge >= 0.3 is 0 Å². The van der Waals surface area contributed by atoms with E-state index < -0.39 is 0 Å². The molecule has 2 heterocycles. The Morgan fingerprint density at radius 3 is 2.71 bits per heavy atom. The van der Waals surface area contributed by atoms with Crippen molar-refractivity contribution < 1.29 is 4.79 Å². The van der Waals surface area contributed by atoms with Gasteiger partial charge in [-0.05, 0) is 53.9 Å². The summed E-state index contributed by atoms with van der Waals surface area (Å²) in [7, 11) is 1.82. The lowest BCUT2D eigenvalue weighted by Gasteiger charge is -2.34. The Kier molecular flexibility index (Phi) is 4.22. The van der Waals surface area contributed by atoms with Crippen molar-refractivity contribution in [1.82, 2.24) is 5.32 Å². The molecule has 0 radical (unpaired) electrons. The molecule has 0 aliphatic carbocycles. The maximum absolute atomic E-state index is 11.9. The number of piperidine rings is 1. The van der Waals surface area contributed by atoms with Crippen LogP contribution in [0, 0.1) is 5.92 Å². The lowest BCUT2D eigenvalue weighted by Crippen LogP contribution is -2.33. The summed E-state index contributed by atoms with van der Waals surface area (Å²) in [4.78, 5) is 14.4. The lowest BCUT2D eigenvalue weighted by molar-refractivity contribution is -0.117. The number of benzene rings is 1. The minimum absolute atomic E-state index is 0.0289. The van der Waals surface area contributed by atoms with Crippen LogP contribution in [-0.4, -0.2) is 26.0 Å². The van der Waals surface area contributed by atoms with E-state index in [0.29, 0.717) is 0 Å². The number of carbonyl (C=O) groups excluding carboxylic acids is 1. The summed E-state index contributed by atoms with van der Waals surface area (Å²) in [5.41, 5.74) is 3.16. The van der Waals surface area contributed by atoms with Crippen molar-refractivity contribution >= 4 is 33.2 Å². The number of hydrogen-bond acceptors (Lipinski definition) is 3. The molecule has 1 atom stereocenters. The molecule has 3 rings (SSSR count). The highest BCUT2D eigenvalue weighted by molar-refractivity contribution is 9.10. The molecule has 0 bridgehead atoms. The summed E-state index contributed by atoms with van der Waals surface area (Å²) in [5.74, 6) is 0.893. The molecule has 1 saturated heterocycles. The Labute approximate surface area is 134 Å². The Morgan fingerprint density at radius 1 is 1.38 bits per heavy atom. The van der Waals surface area contributed by atoms with Crippen LogP contribution in [0.25, 0.3) is 0 Å². The minimum atomic E-state index is -0.240. The van der Waals surface area contributed by atoms with E-state index in [1.165, 1.54) is 24.9 Å². The third kappa shape index (κ3) is 2.69. The first-order chi connectivity index (χ1) is 10.1. The second-order valence-electron chi connectivity index (χ2n) is 5.94. The molecule has 0 saturated carbocycles. The van der Waals surface area contributed by atoms with Gasteiger partial charge in [0.1, 0.15) is 6.04 Å². The van der Waals surface area contributed by atoms with Crippen LogP contribution in [0.15, 0.2) is 16.6 Å². The first-order valence-electron chi connectivity index (χ1n) is 7.70. The predicted octanol–water partition coefficient (Wildman–Crippen LogP) is 3.29. The molecular weight excluding hydrogens is 330 g/mol. The maximum Gasteiger partial charge on any atom is 0.246 e. The molecular formula is C16H22BrN3O. The van der Waals surface area contributed by atoms with Crippen molar-refractivity contribution in [2.75, 3.05) is 30.4 Å². The van der Waals surface area contributed by atoms with Crippen molar-refractivity contribution in [3.05, 3.63) is 22.2 Å². The molecule has 1 fully saturated rings. The third-order valence-corrected chi connectivity index (χ3v) is 5.41. The number of nitrogens with zero attached hydrogens (tertiary/aromatic N) is 1. The first kappa shape index (κ1) is 14.9. The normalized spacial score (nSPS) is 22.3. The highest BCUT2D eigenvalue weighted by Crippen LogP contribution is 2.40. The van der Waals surface area contributed by atoms with Gasteiger partial charge in [0.15, 0.2) is 0 Å². The molecule has 0 spiro atoms. The number of fused-ring (bicyclic) bond motifs is 1. The Hall–Kier alpha value is -1.07. The summed E-state index contributed by atoms with van der Waals surface area (Å²) in [6.45, 7) is 4.47. The zero-order valence-corrected chi connectivity index (χ0v) is 14.2.